The van der Waals surface area contributed by atoms with Crippen LogP contribution >= 0.6 is 11.6 Å². The van der Waals surface area contributed by atoms with Crippen LogP contribution in [0.1, 0.15) is 37.5 Å². The highest BCUT2D eigenvalue weighted by atomic mass is 35.5. The molecular weight excluding hydrogens is 455 g/mol. The average molecular weight is 477 g/mol. The van der Waals surface area contributed by atoms with Crippen molar-refractivity contribution >= 4 is 34.8 Å². The molecule has 0 aliphatic carbocycles. The Balaban J connectivity index is 1.49. The Morgan fingerprint density at radius 2 is 1.56 bits per heavy atom. The summed E-state index contributed by atoms with van der Waals surface area (Å²) in [6.07, 6.45) is 0. The summed E-state index contributed by atoms with van der Waals surface area (Å²) < 4.78 is 15.0. The second kappa shape index (κ2) is 9.89. The molecule has 0 spiro atoms. The van der Waals surface area contributed by atoms with Gasteiger partial charge >= 0.3 is 0 Å². The zero-order chi connectivity index (χ0) is 24.2. The van der Waals surface area contributed by atoms with E-state index in [1.54, 1.807) is 35.9 Å². The second-order valence-electron chi connectivity index (χ2n) is 7.89. The molecule has 0 radical (unpaired) electrons. The van der Waals surface area contributed by atoms with Crippen molar-refractivity contribution < 1.29 is 14.0 Å². The molecule has 0 atom stereocenters. The fourth-order valence-corrected chi connectivity index (χ4v) is 3.80. The molecule has 0 saturated carbocycles. The highest BCUT2D eigenvalue weighted by Crippen LogP contribution is 2.23. The Bertz CT molecular complexity index is 1370. The number of rotatable bonds is 6. The van der Waals surface area contributed by atoms with E-state index in [-0.39, 0.29) is 10.7 Å². The number of amides is 2. The standard InChI is InChI=1S/C26H22ClFN4O2/c1-16-9-11-18(12-10-16)15-32-24(27)23(17(2)31-32)26(34)30-21-7-3-5-19(13-21)25(33)29-22-8-4-6-20(28)14-22/h3-14H,15H2,1-2H3,(H,29,33)(H,30,34). The minimum atomic E-state index is -0.450. The summed E-state index contributed by atoms with van der Waals surface area (Å²) in [5.41, 5.74) is 3.98. The van der Waals surface area contributed by atoms with Crippen molar-refractivity contribution in [3.63, 3.8) is 0 Å². The van der Waals surface area contributed by atoms with Crippen molar-refractivity contribution in [3.8, 4) is 0 Å². The van der Waals surface area contributed by atoms with Crippen LogP contribution in [0, 0.1) is 19.7 Å². The molecular formula is C26H22ClFN4O2. The fourth-order valence-electron chi connectivity index (χ4n) is 3.48. The quantitative estimate of drug-likeness (QED) is 0.367. The Morgan fingerprint density at radius 3 is 2.26 bits per heavy atom. The molecule has 0 fully saturated rings. The van der Waals surface area contributed by atoms with Gasteiger partial charge in [-0.25, -0.2) is 9.07 Å². The van der Waals surface area contributed by atoms with Crippen LogP contribution in [0.15, 0.2) is 72.8 Å². The first-order valence-electron chi connectivity index (χ1n) is 10.6. The monoisotopic (exact) mass is 476 g/mol. The van der Waals surface area contributed by atoms with Crippen molar-refractivity contribution in [1.29, 1.82) is 0 Å². The first-order valence-corrected chi connectivity index (χ1v) is 10.9. The zero-order valence-electron chi connectivity index (χ0n) is 18.6. The van der Waals surface area contributed by atoms with Gasteiger partial charge in [0.05, 0.1) is 17.8 Å². The lowest BCUT2D eigenvalue weighted by molar-refractivity contribution is 0.101. The third-order valence-corrected chi connectivity index (χ3v) is 5.59. The number of nitrogens with one attached hydrogen (secondary N) is 2. The third kappa shape index (κ3) is 5.32. The van der Waals surface area contributed by atoms with Crippen molar-refractivity contribution in [2.24, 2.45) is 0 Å². The Labute approximate surface area is 201 Å². The highest BCUT2D eigenvalue weighted by molar-refractivity contribution is 6.33. The molecule has 172 valence electrons. The third-order valence-electron chi connectivity index (χ3n) is 5.21. The maximum atomic E-state index is 13.4. The van der Waals surface area contributed by atoms with Gasteiger partial charge in [0.1, 0.15) is 11.0 Å². The average Bonchev–Trinajstić information content (AvgIpc) is 3.08. The molecule has 0 saturated heterocycles. The molecule has 4 rings (SSSR count). The van der Waals surface area contributed by atoms with E-state index < -0.39 is 17.6 Å². The number of carbonyl (C=O) groups is 2. The lowest BCUT2D eigenvalue weighted by Gasteiger charge is -2.09. The van der Waals surface area contributed by atoms with Gasteiger partial charge in [-0.1, -0.05) is 53.6 Å². The largest absolute Gasteiger partial charge is 0.322 e. The van der Waals surface area contributed by atoms with E-state index in [9.17, 15) is 14.0 Å². The number of anilines is 2. The minimum absolute atomic E-state index is 0.232. The molecule has 2 N–H and O–H groups in total. The zero-order valence-corrected chi connectivity index (χ0v) is 19.4. The van der Waals surface area contributed by atoms with Crippen LogP contribution < -0.4 is 10.6 Å². The summed E-state index contributed by atoms with van der Waals surface area (Å²) in [4.78, 5) is 25.5. The van der Waals surface area contributed by atoms with Crippen LogP contribution in [0.2, 0.25) is 5.15 Å². The van der Waals surface area contributed by atoms with Gasteiger partial charge in [-0.2, -0.15) is 5.10 Å². The fraction of sp³-hybridized carbons (Fsp3) is 0.115. The molecule has 1 heterocycles. The molecule has 4 aromatic rings. The normalized spacial score (nSPS) is 10.7. The molecule has 8 heteroatoms. The SMILES string of the molecule is Cc1ccc(Cn2nc(C)c(C(=O)Nc3cccc(C(=O)Nc4cccc(F)c4)c3)c2Cl)cc1. The minimum Gasteiger partial charge on any atom is -0.322 e. The first kappa shape index (κ1) is 23.2. The lowest BCUT2D eigenvalue weighted by Crippen LogP contribution is -2.15. The summed E-state index contributed by atoms with van der Waals surface area (Å²) in [6, 6.07) is 20.0. The summed E-state index contributed by atoms with van der Waals surface area (Å²) in [5.74, 6) is -1.31. The van der Waals surface area contributed by atoms with Gasteiger partial charge in [-0.3, -0.25) is 9.59 Å². The van der Waals surface area contributed by atoms with Crippen molar-refractivity contribution in [2.45, 2.75) is 20.4 Å². The number of hydrogen-bond acceptors (Lipinski definition) is 3. The van der Waals surface area contributed by atoms with E-state index in [1.807, 2.05) is 31.2 Å². The number of hydrogen-bond donors (Lipinski definition) is 2. The molecule has 34 heavy (non-hydrogen) atoms. The summed E-state index contributed by atoms with van der Waals surface area (Å²) in [7, 11) is 0. The maximum absolute atomic E-state index is 13.4. The van der Waals surface area contributed by atoms with Crippen molar-refractivity contribution in [2.75, 3.05) is 10.6 Å². The van der Waals surface area contributed by atoms with Gasteiger partial charge in [0, 0.05) is 16.9 Å². The van der Waals surface area contributed by atoms with Crippen LogP contribution in [0.3, 0.4) is 0 Å². The maximum Gasteiger partial charge on any atom is 0.260 e. The van der Waals surface area contributed by atoms with E-state index in [0.29, 0.717) is 29.2 Å². The van der Waals surface area contributed by atoms with Crippen molar-refractivity contribution in [3.05, 3.63) is 112 Å². The molecule has 1 aromatic heterocycles. The van der Waals surface area contributed by atoms with Crippen LogP contribution in [-0.4, -0.2) is 21.6 Å². The van der Waals surface area contributed by atoms with E-state index in [4.69, 9.17) is 11.6 Å². The predicted octanol–water partition coefficient (Wildman–Crippen LogP) is 5.85. The molecule has 0 bridgehead atoms. The van der Waals surface area contributed by atoms with E-state index in [2.05, 4.69) is 15.7 Å². The Hall–Kier alpha value is -3.97. The van der Waals surface area contributed by atoms with Crippen molar-refractivity contribution in [1.82, 2.24) is 9.78 Å². The molecule has 0 aliphatic rings. The number of nitrogens with zero attached hydrogens (tertiary/aromatic N) is 2. The molecule has 6 nitrogen and oxygen atoms in total. The number of benzene rings is 3. The van der Waals surface area contributed by atoms with Crippen LogP contribution in [0.4, 0.5) is 15.8 Å². The molecule has 0 unspecified atom stereocenters. The predicted molar refractivity (Wildman–Crippen MR) is 131 cm³/mol. The molecule has 0 aliphatic heterocycles. The topological polar surface area (TPSA) is 76.0 Å². The first-order chi connectivity index (χ1) is 16.3. The van der Waals surface area contributed by atoms with E-state index >= 15 is 0 Å². The van der Waals surface area contributed by atoms with E-state index in [0.717, 1.165) is 11.1 Å². The Morgan fingerprint density at radius 1 is 0.912 bits per heavy atom. The summed E-state index contributed by atoms with van der Waals surface area (Å²) in [6.45, 7) is 4.16. The van der Waals surface area contributed by atoms with Crippen LogP contribution in [0.25, 0.3) is 0 Å². The second-order valence-corrected chi connectivity index (χ2v) is 8.25. The van der Waals surface area contributed by atoms with Gasteiger partial charge in [-0.05, 0) is 55.8 Å². The number of aromatic nitrogens is 2. The van der Waals surface area contributed by atoms with Gasteiger partial charge < -0.3 is 10.6 Å². The highest BCUT2D eigenvalue weighted by Gasteiger charge is 2.21. The Kier molecular flexibility index (Phi) is 6.75. The summed E-state index contributed by atoms with van der Waals surface area (Å²) >= 11 is 6.50. The molecule has 3 aromatic carbocycles. The number of aryl methyl sites for hydroxylation is 2. The number of halogens is 2. The number of carbonyl (C=O) groups excluding carboxylic acids is 2. The van der Waals surface area contributed by atoms with Gasteiger partial charge in [-0.15, -0.1) is 0 Å². The van der Waals surface area contributed by atoms with Gasteiger partial charge in [0.25, 0.3) is 11.8 Å². The smallest absolute Gasteiger partial charge is 0.260 e. The van der Waals surface area contributed by atoms with Crippen LogP contribution in [0.5, 0.6) is 0 Å². The summed E-state index contributed by atoms with van der Waals surface area (Å²) in [5, 5.41) is 10.1. The van der Waals surface area contributed by atoms with Crippen LogP contribution in [-0.2, 0) is 6.54 Å². The molecule has 2 amide bonds. The van der Waals surface area contributed by atoms with E-state index in [1.165, 1.54) is 24.3 Å². The van der Waals surface area contributed by atoms with Gasteiger partial charge in [0.2, 0.25) is 0 Å². The lowest BCUT2D eigenvalue weighted by atomic mass is 10.1. The van der Waals surface area contributed by atoms with Gasteiger partial charge in [0.15, 0.2) is 0 Å².